The lowest BCUT2D eigenvalue weighted by atomic mass is 9.97. The monoisotopic (exact) mass is 625 g/mol. The van der Waals surface area contributed by atoms with Gasteiger partial charge in [0.25, 0.3) is 5.91 Å². The molecule has 0 radical (unpaired) electrons. The number of methoxy groups -OCH3 is 1. The van der Waals surface area contributed by atoms with E-state index in [4.69, 9.17) is 9.47 Å². The fourth-order valence-corrected chi connectivity index (χ4v) is 6.63. The van der Waals surface area contributed by atoms with Gasteiger partial charge in [-0.25, -0.2) is 17.5 Å². The summed E-state index contributed by atoms with van der Waals surface area (Å²) in [5.74, 6) is -1.13. The molecule has 1 aliphatic rings. The molecule has 0 unspecified atom stereocenters. The average molecular weight is 626 g/mol. The molecule has 1 fully saturated rings. The second-order valence-corrected chi connectivity index (χ2v) is 13.2. The molecular weight excluding hydrogens is 585 g/mol. The van der Waals surface area contributed by atoms with Crippen molar-refractivity contribution in [3.63, 3.8) is 0 Å². The molecule has 1 amide bonds. The number of sulfonamides is 1. The number of ketones is 1. The van der Waals surface area contributed by atoms with E-state index in [-0.39, 0.29) is 34.8 Å². The molecule has 9 nitrogen and oxygen atoms in total. The molecule has 1 heterocycles. The number of halogens is 1. The molecule has 3 aromatic carbocycles. The lowest BCUT2D eigenvalue weighted by molar-refractivity contribution is -0.120. The van der Waals surface area contributed by atoms with Crippen LogP contribution in [0.5, 0.6) is 5.75 Å². The van der Waals surface area contributed by atoms with Crippen LogP contribution in [0.1, 0.15) is 41.8 Å². The van der Waals surface area contributed by atoms with Crippen LogP contribution < -0.4 is 14.8 Å². The molecule has 1 atom stereocenters. The van der Waals surface area contributed by atoms with E-state index in [0.29, 0.717) is 25.2 Å². The van der Waals surface area contributed by atoms with Gasteiger partial charge >= 0.3 is 0 Å². The first-order chi connectivity index (χ1) is 21.0. The van der Waals surface area contributed by atoms with Crippen molar-refractivity contribution < 1.29 is 31.9 Å². The predicted molar refractivity (Wildman–Crippen MR) is 166 cm³/mol. The van der Waals surface area contributed by atoms with Crippen LogP contribution in [0.4, 0.5) is 4.39 Å². The van der Waals surface area contributed by atoms with Crippen LogP contribution in [0.25, 0.3) is 0 Å². The summed E-state index contributed by atoms with van der Waals surface area (Å²) >= 11 is 0. The van der Waals surface area contributed by atoms with Gasteiger partial charge in [0, 0.05) is 37.2 Å². The van der Waals surface area contributed by atoms with Crippen LogP contribution >= 0.6 is 0 Å². The first kappa shape index (κ1) is 33.3. The molecule has 11 heteroatoms. The zero-order valence-electron chi connectivity index (χ0n) is 25.3. The quantitative estimate of drug-likeness (QED) is 0.281. The second-order valence-electron chi connectivity index (χ2n) is 11.5. The summed E-state index contributed by atoms with van der Waals surface area (Å²) in [5, 5.41) is 2.79. The van der Waals surface area contributed by atoms with Gasteiger partial charge in [-0.15, -0.1) is 0 Å². The summed E-state index contributed by atoms with van der Waals surface area (Å²) in [4.78, 5) is 28.7. The van der Waals surface area contributed by atoms with Gasteiger partial charge < -0.3 is 14.8 Å². The van der Waals surface area contributed by atoms with E-state index in [1.165, 1.54) is 43.5 Å². The smallest absolute Gasteiger partial charge is 0.251 e. The molecule has 0 spiro atoms. The zero-order valence-corrected chi connectivity index (χ0v) is 26.2. The highest BCUT2D eigenvalue weighted by atomic mass is 32.2. The molecule has 2 N–H and O–H groups in total. The third kappa shape index (κ3) is 9.43. The maximum Gasteiger partial charge on any atom is 0.251 e. The van der Waals surface area contributed by atoms with Gasteiger partial charge in [-0.3, -0.25) is 14.5 Å². The first-order valence-electron chi connectivity index (χ1n) is 14.6. The van der Waals surface area contributed by atoms with E-state index >= 15 is 0 Å². The topological polar surface area (TPSA) is 114 Å². The number of nitrogens with zero attached hydrogens (tertiary/aromatic N) is 1. The summed E-state index contributed by atoms with van der Waals surface area (Å²) in [6, 6.07) is 18.0. The molecule has 0 aliphatic carbocycles. The van der Waals surface area contributed by atoms with Crippen molar-refractivity contribution >= 4 is 21.7 Å². The Morgan fingerprint density at radius 2 is 1.68 bits per heavy atom. The largest absolute Gasteiger partial charge is 0.495 e. The lowest BCUT2D eigenvalue weighted by Gasteiger charge is -2.32. The van der Waals surface area contributed by atoms with Gasteiger partial charge in [0.05, 0.1) is 26.4 Å². The lowest BCUT2D eigenvalue weighted by Crippen LogP contribution is -2.47. The number of morpholine rings is 1. The maximum atomic E-state index is 13.6. The summed E-state index contributed by atoms with van der Waals surface area (Å²) < 4.78 is 53.9. The normalized spacial score (nSPS) is 15.0. The molecule has 44 heavy (non-hydrogen) atoms. The van der Waals surface area contributed by atoms with Crippen molar-refractivity contribution in [2.24, 2.45) is 0 Å². The number of hydrogen-bond acceptors (Lipinski definition) is 7. The van der Waals surface area contributed by atoms with Gasteiger partial charge in [-0.2, -0.15) is 0 Å². The number of amides is 1. The Morgan fingerprint density at radius 1 is 1.00 bits per heavy atom. The molecular formula is C33H40FN3O6S. The highest BCUT2D eigenvalue weighted by Crippen LogP contribution is 2.27. The van der Waals surface area contributed by atoms with Crippen molar-refractivity contribution in [1.82, 2.24) is 14.9 Å². The number of ether oxygens (including phenoxy) is 2. The highest BCUT2D eigenvalue weighted by Gasteiger charge is 2.30. The van der Waals surface area contributed by atoms with E-state index in [1.807, 2.05) is 44.2 Å². The summed E-state index contributed by atoms with van der Waals surface area (Å²) in [6.07, 6.45) is 0.781. The fraction of sp³-hybridized carbons (Fsp3) is 0.394. The number of carbonyl (C=O) groups excluding carboxylic acids is 2. The molecule has 3 aromatic rings. The molecule has 236 valence electrons. The van der Waals surface area contributed by atoms with Crippen molar-refractivity contribution in [1.29, 1.82) is 0 Å². The Bertz CT molecular complexity index is 1520. The zero-order chi connectivity index (χ0) is 31.7. The fourth-order valence-electron chi connectivity index (χ4n) is 5.04. The van der Waals surface area contributed by atoms with Crippen LogP contribution in [0.15, 0.2) is 77.7 Å². The predicted octanol–water partition coefficient (Wildman–Crippen LogP) is 3.77. The summed E-state index contributed by atoms with van der Waals surface area (Å²) in [5.41, 5.74) is 0.899. The average Bonchev–Trinajstić information content (AvgIpc) is 3.00. The van der Waals surface area contributed by atoms with Crippen molar-refractivity contribution in [2.75, 3.05) is 40.0 Å². The number of Topliss-reactive ketones (excluding diaryl/α,β-unsaturated/α-hetero) is 1. The van der Waals surface area contributed by atoms with Crippen LogP contribution in [0.2, 0.25) is 0 Å². The van der Waals surface area contributed by atoms with E-state index in [9.17, 15) is 22.4 Å². The molecule has 4 rings (SSSR count). The van der Waals surface area contributed by atoms with Crippen molar-refractivity contribution in [3.05, 3.63) is 95.3 Å². The number of benzene rings is 3. The summed E-state index contributed by atoms with van der Waals surface area (Å²) in [7, 11) is -2.57. The minimum atomic E-state index is -3.95. The van der Waals surface area contributed by atoms with Crippen LogP contribution in [0, 0.1) is 5.82 Å². The number of rotatable bonds is 14. The van der Waals surface area contributed by atoms with E-state index < -0.39 is 33.3 Å². The molecule has 0 saturated carbocycles. The van der Waals surface area contributed by atoms with Gasteiger partial charge in [-0.1, -0.05) is 36.4 Å². The standard InChI is InChI=1S/C33H40FN3O6S/c1-33(2,15-16-37-17-19-43-20-18-37)36-44(40,41)31-14-9-25(23-30(31)42-3)22-29(38)28(21-24-7-5-4-6-8-24)35-32(39)26-10-12-27(34)13-11-26/h4-14,23,28,36H,15-22H2,1-3H3,(H,35,39)/t28-/m0/s1. The molecule has 0 bridgehead atoms. The van der Waals surface area contributed by atoms with E-state index in [1.54, 1.807) is 6.07 Å². The van der Waals surface area contributed by atoms with Gasteiger partial charge in [-0.05, 0) is 74.2 Å². The molecule has 1 saturated heterocycles. The Balaban J connectivity index is 1.48. The highest BCUT2D eigenvalue weighted by molar-refractivity contribution is 7.89. The second kappa shape index (κ2) is 14.9. The SMILES string of the molecule is COc1cc(CC(=O)[C@H](Cc2ccccc2)NC(=O)c2ccc(F)cc2)ccc1S(=O)(=O)NC(C)(C)CCN1CCOCC1. The van der Waals surface area contributed by atoms with Gasteiger partial charge in [0.2, 0.25) is 10.0 Å². The van der Waals surface area contributed by atoms with E-state index in [0.717, 1.165) is 25.2 Å². The number of hydrogen-bond donors (Lipinski definition) is 2. The van der Waals surface area contributed by atoms with E-state index in [2.05, 4.69) is 14.9 Å². The maximum absolute atomic E-state index is 13.6. The van der Waals surface area contributed by atoms with Crippen LogP contribution in [0.3, 0.4) is 0 Å². The number of carbonyl (C=O) groups is 2. The third-order valence-electron chi connectivity index (χ3n) is 7.55. The Hall–Kier alpha value is -3.64. The van der Waals surface area contributed by atoms with Gasteiger partial charge in [0.15, 0.2) is 5.78 Å². The number of nitrogens with one attached hydrogen (secondary N) is 2. The minimum absolute atomic E-state index is 0.0268. The molecule has 1 aliphatic heterocycles. The summed E-state index contributed by atoms with van der Waals surface area (Å²) in [6.45, 7) is 7.41. The Morgan fingerprint density at radius 3 is 2.34 bits per heavy atom. The van der Waals surface area contributed by atoms with Crippen LogP contribution in [-0.4, -0.2) is 76.5 Å². The Labute approximate surface area is 258 Å². The minimum Gasteiger partial charge on any atom is -0.495 e. The van der Waals surface area contributed by atoms with Gasteiger partial charge in [0.1, 0.15) is 16.5 Å². The van der Waals surface area contributed by atoms with Crippen molar-refractivity contribution in [3.8, 4) is 5.75 Å². The van der Waals surface area contributed by atoms with Crippen LogP contribution in [-0.2, 0) is 32.4 Å². The van der Waals surface area contributed by atoms with Crippen molar-refractivity contribution in [2.45, 2.75) is 49.6 Å². The molecule has 0 aromatic heterocycles. The third-order valence-corrected chi connectivity index (χ3v) is 9.28. The Kier molecular flexibility index (Phi) is 11.3. The first-order valence-corrected chi connectivity index (χ1v) is 16.1.